The number of alkyl halides is 1. The third-order valence-electron chi connectivity index (χ3n) is 6.53. The van der Waals surface area contributed by atoms with E-state index in [-0.39, 0.29) is 5.92 Å². The lowest BCUT2D eigenvalue weighted by Gasteiger charge is -2.30. The molecule has 2 aromatic rings. The van der Waals surface area contributed by atoms with Gasteiger partial charge in [-0.2, -0.15) is 0 Å². The van der Waals surface area contributed by atoms with E-state index in [1.54, 1.807) is 0 Å². The maximum atomic E-state index is 14.0. The number of likely N-dealkylation sites (N-methyl/N-ethyl adjacent to an activating group) is 1. The lowest BCUT2D eigenvalue weighted by Crippen LogP contribution is -2.36. The van der Waals surface area contributed by atoms with Gasteiger partial charge in [-0.15, -0.1) is 0 Å². The van der Waals surface area contributed by atoms with Crippen molar-refractivity contribution in [1.29, 1.82) is 0 Å². The molecule has 1 saturated carbocycles. The van der Waals surface area contributed by atoms with Crippen LogP contribution in [0.5, 0.6) is 0 Å². The molecule has 0 radical (unpaired) electrons. The van der Waals surface area contributed by atoms with E-state index < -0.39 is 6.17 Å². The standard InChI is InChI=1S/C26H36FN/c1-3-24(28(4-2)20-19-21-9-6-5-7-10-21)18-15-22-13-16-23(17-14-22)25-11-8-12-26(25)27/h5-7,9-10,13-14,16-17,24-26H,3-4,8,11-12,15,18-20H2,1-2H3. The number of hydrogen-bond acceptors (Lipinski definition) is 1. The molecule has 0 bridgehead atoms. The highest BCUT2D eigenvalue weighted by molar-refractivity contribution is 5.27. The molecular formula is C26H36FN. The maximum Gasteiger partial charge on any atom is 0.107 e. The van der Waals surface area contributed by atoms with E-state index in [0.29, 0.717) is 6.04 Å². The molecule has 0 aromatic heterocycles. The summed E-state index contributed by atoms with van der Waals surface area (Å²) in [6.45, 7) is 6.80. The molecule has 3 unspecified atom stereocenters. The molecule has 0 aliphatic heterocycles. The van der Waals surface area contributed by atoms with Crippen LogP contribution in [0.1, 0.15) is 68.6 Å². The fourth-order valence-corrected chi connectivity index (χ4v) is 4.72. The van der Waals surface area contributed by atoms with Crippen molar-refractivity contribution in [2.75, 3.05) is 13.1 Å². The fraction of sp³-hybridized carbons (Fsp3) is 0.538. The first-order chi connectivity index (χ1) is 13.7. The predicted octanol–water partition coefficient (Wildman–Crippen LogP) is 6.57. The first kappa shape index (κ1) is 21.0. The molecule has 2 aromatic carbocycles. The average molecular weight is 382 g/mol. The van der Waals surface area contributed by atoms with Crippen molar-refractivity contribution in [2.24, 2.45) is 0 Å². The molecule has 1 nitrogen and oxygen atoms in total. The van der Waals surface area contributed by atoms with Crippen LogP contribution < -0.4 is 0 Å². The van der Waals surface area contributed by atoms with E-state index in [1.807, 2.05) is 0 Å². The molecule has 0 saturated heterocycles. The molecule has 1 fully saturated rings. The zero-order valence-electron chi connectivity index (χ0n) is 17.6. The highest BCUT2D eigenvalue weighted by Gasteiger charge is 2.28. The van der Waals surface area contributed by atoms with Crippen LogP contribution in [0.2, 0.25) is 0 Å². The minimum absolute atomic E-state index is 0.131. The number of benzene rings is 2. The minimum Gasteiger partial charge on any atom is -0.300 e. The first-order valence-electron chi connectivity index (χ1n) is 11.2. The number of hydrogen-bond donors (Lipinski definition) is 0. The van der Waals surface area contributed by atoms with E-state index in [2.05, 4.69) is 73.3 Å². The van der Waals surface area contributed by atoms with Crippen LogP contribution in [0.25, 0.3) is 0 Å². The van der Waals surface area contributed by atoms with Crippen molar-refractivity contribution in [3.8, 4) is 0 Å². The zero-order valence-corrected chi connectivity index (χ0v) is 17.6. The van der Waals surface area contributed by atoms with E-state index in [9.17, 15) is 4.39 Å². The van der Waals surface area contributed by atoms with Crippen LogP contribution in [0.4, 0.5) is 4.39 Å². The largest absolute Gasteiger partial charge is 0.300 e. The van der Waals surface area contributed by atoms with E-state index >= 15 is 0 Å². The molecule has 2 heteroatoms. The van der Waals surface area contributed by atoms with E-state index in [0.717, 1.165) is 45.2 Å². The summed E-state index contributed by atoms with van der Waals surface area (Å²) in [7, 11) is 0. The van der Waals surface area contributed by atoms with Crippen LogP contribution in [-0.4, -0.2) is 30.2 Å². The average Bonchev–Trinajstić information content (AvgIpc) is 3.17. The summed E-state index contributed by atoms with van der Waals surface area (Å²) in [6, 6.07) is 20.2. The van der Waals surface area contributed by atoms with Crippen molar-refractivity contribution in [1.82, 2.24) is 4.90 Å². The van der Waals surface area contributed by atoms with Gasteiger partial charge in [0.25, 0.3) is 0 Å². The topological polar surface area (TPSA) is 3.24 Å². The van der Waals surface area contributed by atoms with Crippen LogP contribution >= 0.6 is 0 Å². The summed E-state index contributed by atoms with van der Waals surface area (Å²) in [5.41, 5.74) is 4.00. The summed E-state index contributed by atoms with van der Waals surface area (Å²) < 4.78 is 14.0. The van der Waals surface area contributed by atoms with E-state index in [4.69, 9.17) is 0 Å². The molecule has 0 N–H and O–H groups in total. The Morgan fingerprint density at radius 2 is 1.64 bits per heavy atom. The Morgan fingerprint density at radius 3 is 2.25 bits per heavy atom. The molecule has 28 heavy (non-hydrogen) atoms. The van der Waals surface area contributed by atoms with Crippen LogP contribution in [0.15, 0.2) is 54.6 Å². The van der Waals surface area contributed by atoms with Crippen molar-refractivity contribution in [3.05, 3.63) is 71.3 Å². The lowest BCUT2D eigenvalue weighted by atomic mass is 9.94. The van der Waals surface area contributed by atoms with Gasteiger partial charge in [-0.05, 0) is 68.2 Å². The normalized spacial score (nSPS) is 20.6. The van der Waals surface area contributed by atoms with Gasteiger partial charge < -0.3 is 4.90 Å². The van der Waals surface area contributed by atoms with Crippen molar-refractivity contribution < 1.29 is 4.39 Å². The van der Waals surface area contributed by atoms with Gasteiger partial charge in [0.15, 0.2) is 0 Å². The maximum absolute atomic E-state index is 14.0. The minimum atomic E-state index is -0.641. The molecule has 152 valence electrons. The van der Waals surface area contributed by atoms with Crippen LogP contribution in [-0.2, 0) is 12.8 Å². The van der Waals surface area contributed by atoms with Gasteiger partial charge in [0, 0.05) is 18.5 Å². The summed E-state index contributed by atoms with van der Waals surface area (Å²) >= 11 is 0. The number of halogens is 1. The van der Waals surface area contributed by atoms with Crippen molar-refractivity contribution in [3.63, 3.8) is 0 Å². The van der Waals surface area contributed by atoms with Gasteiger partial charge in [-0.3, -0.25) is 0 Å². The molecule has 0 spiro atoms. The van der Waals surface area contributed by atoms with Crippen molar-refractivity contribution in [2.45, 2.75) is 76.9 Å². The number of rotatable bonds is 10. The van der Waals surface area contributed by atoms with Crippen LogP contribution in [0.3, 0.4) is 0 Å². The lowest BCUT2D eigenvalue weighted by molar-refractivity contribution is 0.193. The van der Waals surface area contributed by atoms with Gasteiger partial charge in [-0.1, -0.05) is 68.4 Å². The summed E-state index contributed by atoms with van der Waals surface area (Å²) in [5.74, 6) is 0.131. The Kier molecular flexibility index (Phi) is 8.09. The second kappa shape index (κ2) is 10.8. The first-order valence-corrected chi connectivity index (χ1v) is 11.2. The third kappa shape index (κ3) is 5.67. The zero-order chi connectivity index (χ0) is 19.8. The SMILES string of the molecule is CCC(CCc1ccc(C2CCCC2F)cc1)N(CC)CCc1ccccc1. The van der Waals surface area contributed by atoms with Gasteiger partial charge in [0.1, 0.15) is 6.17 Å². The fourth-order valence-electron chi connectivity index (χ4n) is 4.72. The van der Waals surface area contributed by atoms with E-state index in [1.165, 1.54) is 29.5 Å². The summed E-state index contributed by atoms with van der Waals surface area (Å²) in [4.78, 5) is 2.63. The van der Waals surface area contributed by atoms with Gasteiger partial charge in [0.2, 0.25) is 0 Å². The monoisotopic (exact) mass is 381 g/mol. The Labute approximate surface area is 171 Å². The Bertz CT molecular complexity index is 681. The van der Waals surface area contributed by atoms with Gasteiger partial charge in [-0.25, -0.2) is 4.39 Å². The molecule has 1 aliphatic carbocycles. The number of nitrogens with zero attached hydrogens (tertiary/aromatic N) is 1. The highest BCUT2D eigenvalue weighted by atomic mass is 19.1. The molecule has 0 heterocycles. The second-order valence-electron chi connectivity index (χ2n) is 8.26. The molecule has 0 amide bonds. The Balaban J connectivity index is 1.51. The summed E-state index contributed by atoms with van der Waals surface area (Å²) in [6.07, 6.45) is 6.72. The van der Waals surface area contributed by atoms with Crippen LogP contribution in [0, 0.1) is 0 Å². The summed E-state index contributed by atoms with van der Waals surface area (Å²) in [5, 5.41) is 0. The molecular weight excluding hydrogens is 345 g/mol. The predicted molar refractivity (Wildman–Crippen MR) is 118 cm³/mol. The van der Waals surface area contributed by atoms with Crippen molar-refractivity contribution >= 4 is 0 Å². The number of aryl methyl sites for hydroxylation is 1. The third-order valence-corrected chi connectivity index (χ3v) is 6.53. The Hall–Kier alpha value is -1.67. The van der Waals surface area contributed by atoms with Gasteiger partial charge >= 0.3 is 0 Å². The highest BCUT2D eigenvalue weighted by Crippen LogP contribution is 2.36. The molecule has 1 aliphatic rings. The smallest absolute Gasteiger partial charge is 0.107 e. The second-order valence-corrected chi connectivity index (χ2v) is 8.26. The molecule has 3 atom stereocenters. The molecule has 3 rings (SSSR count). The van der Waals surface area contributed by atoms with Gasteiger partial charge in [0.05, 0.1) is 0 Å². The Morgan fingerprint density at radius 1 is 0.929 bits per heavy atom. The quantitative estimate of drug-likeness (QED) is 0.450.